The lowest BCUT2D eigenvalue weighted by Gasteiger charge is -2.07. The molecule has 2 aromatic carbocycles. The number of carbonyl (C=O) groups excluding carboxylic acids is 1. The highest BCUT2D eigenvalue weighted by Crippen LogP contribution is 2.13. The van der Waals surface area contributed by atoms with Gasteiger partial charge in [-0.3, -0.25) is 4.79 Å². The van der Waals surface area contributed by atoms with Crippen LogP contribution in [0.5, 0.6) is 0 Å². The average Bonchev–Trinajstić information content (AvgIpc) is 2.49. The molecule has 21 heavy (non-hydrogen) atoms. The molecular formula is C18H20ClNO. The molecule has 0 saturated heterocycles. The number of anilines is 1. The van der Waals surface area contributed by atoms with Crippen LogP contribution < -0.4 is 5.32 Å². The van der Waals surface area contributed by atoms with Gasteiger partial charge in [0.15, 0.2) is 0 Å². The van der Waals surface area contributed by atoms with Crippen LogP contribution >= 0.6 is 11.6 Å². The Morgan fingerprint density at radius 1 is 1.00 bits per heavy atom. The van der Waals surface area contributed by atoms with Crippen LogP contribution in [0.2, 0.25) is 5.02 Å². The Kier molecular flexibility index (Phi) is 5.82. The third-order valence-electron chi connectivity index (χ3n) is 3.33. The SMILES string of the molecule is CCCCc1ccc(NC(=O)Cc2ccc(Cl)cc2)cc1. The number of rotatable bonds is 6. The van der Waals surface area contributed by atoms with Crippen LogP contribution in [0.3, 0.4) is 0 Å². The third kappa shape index (κ3) is 5.24. The number of hydrogen-bond donors (Lipinski definition) is 1. The van der Waals surface area contributed by atoms with Crippen molar-refractivity contribution in [3.8, 4) is 0 Å². The minimum atomic E-state index is -0.0152. The molecule has 0 spiro atoms. The van der Waals surface area contributed by atoms with E-state index in [0.717, 1.165) is 17.7 Å². The summed E-state index contributed by atoms with van der Waals surface area (Å²) in [7, 11) is 0. The number of halogens is 1. The van der Waals surface area contributed by atoms with Crippen LogP contribution in [-0.4, -0.2) is 5.91 Å². The summed E-state index contributed by atoms with van der Waals surface area (Å²) in [4.78, 5) is 12.0. The number of benzene rings is 2. The monoisotopic (exact) mass is 301 g/mol. The summed E-state index contributed by atoms with van der Waals surface area (Å²) >= 11 is 5.83. The maximum Gasteiger partial charge on any atom is 0.228 e. The fourth-order valence-electron chi connectivity index (χ4n) is 2.13. The molecule has 0 aromatic heterocycles. The van der Waals surface area contributed by atoms with Crippen LogP contribution in [0.15, 0.2) is 48.5 Å². The molecule has 110 valence electrons. The lowest BCUT2D eigenvalue weighted by molar-refractivity contribution is -0.115. The molecule has 1 amide bonds. The first-order valence-corrected chi connectivity index (χ1v) is 7.68. The van der Waals surface area contributed by atoms with E-state index in [9.17, 15) is 4.79 Å². The molecule has 0 saturated carbocycles. The van der Waals surface area contributed by atoms with Gasteiger partial charge in [-0.25, -0.2) is 0 Å². The second-order valence-corrected chi connectivity index (χ2v) is 5.59. The number of amides is 1. The number of hydrogen-bond acceptors (Lipinski definition) is 1. The van der Waals surface area contributed by atoms with E-state index in [1.54, 1.807) is 12.1 Å². The predicted molar refractivity (Wildman–Crippen MR) is 88.8 cm³/mol. The van der Waals surface area contributed by atoms with E-state index in [4.69, 9.17) is 11.6 Å². The molecule has 0 atom stereocenters. The van der Waals surface area contributed by atoms with Crippen molar-refractivity contribution in [3.05, 3.63) is 64.7 Å². The normalized spacial score (nSPS) is 10.4. The van der Waals surface area contributed by atoms with E-state index < -0.39 is 0 Å². The van der Waals surface area contributed by atoms with Crippen molar-refractivity contribution in [3.63, 3.8) is 0 Å². The Bertz CT molecular complexity index is 575. The summed E-state index contributed by atoms with van der Waals surface area (Å²) in [5.74, 6) is -0.0152. The van der Waals surface area contributed by atoms with Gasteiger partial charge in [0, 0.05) is 10.7 Å². The van der Waals surface area contributed by atoms with Crippen molar-refractivity contribution in [2.45, 2.75) is 32.6 Å². The average molecular weight is 302 g/mol. The Morgan fingerprint density at radius 3 is 2.24 bits per heavy atom. The highest BCUT2D eigenvalue weighted by atomic mass is 35.5. The first-order chi connectivity index (χ1) is 10.2. The van der Waals surface area contributed by atoms with Crippen LogP contribution in [-0.2, 0) is 17.6 Å². The van der Waals surface area contributed by atoms with E-state index >= 15 is 0 Å². The summed E-state index contributed by atoms with van der Waals surface area (Å²) in [5.41, 5.74) is 3.11. The lowest BCUT2D eigenvalue weighted by Crippen LogP contribution is -2.14. The van der Waals surface area contributed by atoms with Gasteiger partial charge in [0.2, 0.25) is 5.91 Å². The minimum absolute atomic E-state index is 0.0152. The maximum absolute atomic E-state index is 12.0. The van der Waals surface area contributed by atoms with E-state index in [0.29, 0.717) is 11.4 Å². The summed E-state index contributed by atoms with van der Waals surface area (Å²) in [6.07, 6.45) is 3.84. The largest absolute Gasteiger partial charge is 0.326 e. The molecule has 2 nitrogen and oxygen atoms in total. The molecule has 0 fully saturated rings. The molecule has 0 radical (unpaired) electrons. The summed E-state index contributed by atoms with van der Waals surface area (Å²) in [5, 5.41) is 3.60. The zero-order chi connectivity index (χ0) is 15.1. The van der Waals surface area contributed by atoms with Crippen LogP contribution in [0.25, 0.3) is 0 Å². The van der Waals surface area contributed by atoms with Crippen molar-refractivity contribution in [1.82, 2.24) is 0 Å². The van der Waals surface area contributed by atoms with Gasteiger partial charge in [0.25, 0.3) is 0 Å². The van der Waals surface area contributed by atoms with Crippen molar-refractivity contribution in [1.29, 1.82) is 0 Å². The minimum Gasteiger partial charge on any atom is -0.326 e. The molecule has 0 aliphatic carbocycles. The highest BCUT2D eigenvalue weighted by Gasteiger charge is 2.04. The fraction of sp³-hybridized carbons (Fsp3) is 0.278. The zero-order valence-corrected chi connectivity index (χ0v) is 13.0. The number of carbonyl (C=O) groups is 1. The molecule has 0 bridgehead atoms. The summed E-state index contributed by atoms with van der Waals surface area (Å²) in [6.45, 7) is 2.19. The second kappa shape index (κ2) is 7.84. The Labute approximate surface area is 131 Å². The molecule has 1 N–H and O–H groups in total. The van der Waals surface area contributed by atoms with Crippen molar-refractivity contribution >= 4 is 23.2 Å². The molecule has 0 aliphatic rings. The van der Waals surface area contributed by atoms with Crippen molar-refractivity contribution in [2.24, 2.45) is 0 Å². The van der Waals surface area contributed by atoms with Gasteiger partial charge < -0.3 is 5.32 Å². The molecule has 3 heteroatoms. The topological polar surface area (TPSA) is 29.1 Å². The Hall–Kier alpha value is -1.80. The molecule has 2 rings (SSSR count). The van der Waals surface area contributed by atoms with Gasteiger partial charge in [-0.05, 0) is 48.2 Å². The predicted octanol–water partition coefficient (Wildman–Crippen LogP) is 4.86. The van der Waals surface area contributed by atoms with E-state index in [1.165, 1.54) is 18.4 Å². The Morgan fingerprint density at radius 2 is 1.62 bits per heavy atom. The quantitative estimate of drug-likeness (QED) is 0.811. The molecule has 0 aliphatic heterocycles. The van der Waals surface area contributed by atoms with Gasteiger partial charge in [-0.15, -0.1) is 0 Å². The van der Waals surface area contributed by atoms with Crippen LogP contribution in [0.1, 0.15) is 30.9 Å². The lowest BCUT2D eigenvalue weighted by atomic mass is 10.1. The van der Waals surface area contributed by atoms with Gasteiger partial charge in [-0.2, -0.15) is 0 Å². The second-order valence-electron chi connectivity index (χ2n) is 5.15. The highest BCUT2D eigenvalue weighted by molar-refractivity contribution is 6.30. The molecule has 2 aromatic rings. The standard InChI is InChI=1S/C18H20ClNO/c1-2-3-4-14-7-11-17(12-8-14)20-18(21)13-15-5-9-16(19)10-6-15/h5-12H,2-4,13H2,1H3,(H,20,21). The van der Waals surface area contributed by atoms with E-state index in [2.05, 4.69) is 24.4 Å². The molecular weight excluding hydrogens is 282 g/mol. The number of nitrogens with one attached hydrogen (secondary N) is 1. The zero-order valence-electron chi connectivity index (χ0n) is 12.2. The van der Waals surface area contributed by atoms with Crippen LogP contribution in [0.4, 0.5) is 5.69 Å². The molecule has 0 heterocycles. The van der Waals surface area contributed by atoms with Gasteiger partial charge in [0.1, 0.15) is 0 Å². The maximum atomic E-state index is 12.0. The van der Waals surface area contributed by atoms with Gasteiger partial charge in [-0.1, -0.05) is 49.2 Å². The number of unbranched alkanes of at least 4 members (excludes halogenated alkanes) is 1. The molecule has 0 unspecified atom stereocenters. The third-order valence-corrected chi connectivity index (χ3v) is 3.59. The first-order valence-electron chi connectivity index (χ1n) is 7.30. The first kappa shape index (κ1) is 15.6. The van der Waals surface area contributed by atoms with Gasteiger partial charge >= 0.3 is 0 Å². The fourth-order valence-corrected chi connectivity index (χ4v) is 2.25. The Balaban J connectivity index is 1.88. The summed E-state index contributed by atoms with van der Waals surface area (Å²) in [6, 6.07) is 15.4. The van der Waals surface area contributed by atoms with Crippen molar-refractivity contribution < 1.29 is 4.79 Å². The van der Waals surface area contributed by atoms with E-state index in [1.807, 2.05) is 24.3 Å². The van der Waals surface area contributed by atoms with E-state index in [-0.39, 0.29) is 5.91 Å². The van der Waals surface area contributed by atoms with Crippen LogP contribution in [0, 0.1) is 0 Å². The van der Waals surface area contributed by atoms with Crippen molar-refractivity contribution in [2.75, 3.05) is 5.32 Å². The number of aryl methyl sites for hydroxylation is 1. The summed E-state index contributed by atoms with van der Waals surface area (Å²) < 4.78 is 0. The van der Waals surface area contributed by atoms with Gasteiger partial charge in [0.05, 0.1) is 6.42 Å². The smallest absolute Gasteiger partial charge is 0.228 e.